The SMILES string of the molecule is CCCCNC(=S)N(CCCC)C(C)CC. The van der Waals surface area contributed by atoms with Crippen molar-refractivity contribution in [1.29, 1.82) is 0 Å². The van der Waals surface area contributed by atoms with E-state index in [2.05, 4.69) is 37.9 Å². The topological polar surface area (TPSA) is 15.3 Å². The maximum atomic E-state index is 5.46. The maximum Gasteiger partial charge on any atom is 0.169 e. The molecule has 0 bridgehead atoms. The lowest BCUT2D eigenvalue weighted by Gasteiger charge is -2.31. The predicted molar refractivity (Wildman–Crippen MR) is 76.9 cm³/mol. The van der Waals surface area contributed by atoms with Crippen molar-refractivity contribution in [1.82, 2.24) is 10.2 Å². The minimum atomic E-state index is 0.549. The molecule has 0 amide bonds. The molecule has 0 saturated heterocycles. The number of nitrogens with zero attached hydrogens (tertiary/aromatic N) is 1. The molecule has 0 rings (SSSR count). The summed E-state index contributed by atoms with van der Waals surface area (Å²) in [4.78, 5) is 2.34. The molecule has 0 fully saturated rings. The zero-order chi connectivity index (χ0) is 12.4. The Labute approximate surface area is 107 Å². The van der Waals surface area contributed by atoms with Gasteiger partial charge in [-0.05, 0) is 38.4 Å². The van der Waals surface area contributed by atoms with E-state index >= 15 is 0 Å². The summed E-state index contributed by atoms with van der Waals surface area (Å²) in [6.07, 6.45) is 6.01. The molecule has 0 heterocycles. The van der Waals surface area contributed by atoms with Crippen LogP contribution in [-0.4, -0.2) is 29.1 Å². The van der Waals surface area contributed by atoms with Gasteiger partial charge >= 0.3 is 0 Å². The summed E-state index contributed by atoms with van der Waals surface area (Å²) in [6, 6.07) is 0.549. The van der Waals surface area contributed by atoms with Crippen LogP contribution in [0.15, 0.2) is 0 Å². The summed E-state index contributed by atoms with van der Waals surface area (Å²) in [5.41, 5.74) is 0. The Morgan fingerprint density at radius 2 is 1.81 bits per heavy atom. The van der Waals surface area contributed by atoms with Crippen LogP contribution in [-0.2, 0) is 0 Å². The van der Waals surface area contributed by atoms with Gasteiger partial charge < -0.3 is 10.2 Å². The van der Waals surface area contributed by atoms with E-state index < -0.39 is 0 Å². The molecule has 0 aromatic heterocycles. The number of unbranched alkanes of at least 4 members (excludes halogenated alkanes) is 2. The van der Waals surface area contributed by atoms with Gasteiger partial charge in [0.2, 0.25) is 0 Å². The highest BCUT2D eigenvalue weighted by Gasteiger charge is 2.14. The van der Waals surface area contributed by atoms with E-state index in [9.17, 15) is 0 Å². The monoisotopic (exact) mass is 244 g/mol. The van der Waals surface area contributed by atoms with Gasteiger partial charge in [-0.2, -0.15) is 0 Å². The molecule has 0 aliphatic rings. The standard InChI is InChI=1S/C13H28N2S/c1-5-8-10-14-13(16)15(11-9-6-2)12(4)7-3/h12H,5-11H2,1-4H3,(H,14,16). The molecule has 16 heavy (non-hydrogen) atoms. The van der Waals surface area contributed by atoms with E-state index in [0.717, 1.165) is 24.6 Å². The van der Waals surface area contributed by atoms with Gasteiger partial charge in [0, 0.05) is 19.1 Å². The normalized spacial score (nSPS) is 12.2. The van der Waals surface area contributed by atoms with E-state index in [-0.39, 0.29) is 0 Å². The fourth-order valence-electron chi connectivity index (χ4n) is 1.54. The molecule has 0 aliphatic heterocycles. The van der Waals surface area contributed by atoms with Gasteiger partial charge in [0.25, 0.3) is 0 Å². The summed E-state index contributed by atoms with van der Waals surface area (Å²) in [7, 11) is 0. The fourth-order valence-corrected chi connectivity index (χ4v) is 1.92. The number of nitrogens with one attached hydrogen (secondary N) is 1. The van der Waals surface area contributed by atoms with E-state index in [0.29, 0.717) is 6.04 Å². The lowest BCUT2D eigenvalue weighted by atomic mass is 10.2. The zero-order valence-corrected chi connectivity index (χ0v) is 12.2. The van der Waals surface area contributed by atoms with Crippen LogP contribution in [0.2, 0.25) is 0 Å². The van der Waals surface area contributed by atoms with Gasteiger partial charge in [0.05, 0.1) is 0 Å². The number of hydrogen-bond donors (Lipinski definition) is 1. The van der Waals surface area contributed by atoms with E-state index in [1.807, 2.05) is 0 Å². The Hall–Kier alpha value is -0.310. The number of rotatable bonds is 8. The van der Waals surface area contributed by atoms with Crippen LogP contribution in [0.3, 0.4) is 0 Å². The van der Waals surface area contributed by atoms with Crippen molar-refractivity contribution in [2.45, 2.75) is 65.8 Å². The molecule has 1 atom stereocenters. The van der Waals surface area contributed by atoms with Gasteiger partial charge in [-0.3, -0.25) is 0 Å². The summed E-state index contributed by atoms with van der Waals surface area (Å²) in [6.45, 7) is 11.0. The molecule has 0 aromatic carbocycles. The van der Waals surface area contributed by atoms with Crippen LogP contribution in [0, 0.1) is 0 Å². The molecule has 1 N–H and O–H groups in total. The molecule has 0 aromatic rings. The Morgan fingerprint density at radius 3 is 2.31 bits per heavy atom. The van der Waals surface area contributed by atoms with Gasteiger partial charge in [-0.25, -0.2) is 0 Å². The van der Waals surface area contributed by atoms with Crippen molar-refractivity contribution in [2.24, 2.45) is 0 Å². The van der Waals surface area contributed by atoms with Crippen molar-refractivity contribution < 1.29 is 0 Å². The van der Waals surface area contributed by atoms with Gasteiger partial charge in [-0.1, -0.05) is 33.6 Å². The lowest BCUT2D eigenvalue weighted by molar-refractivity contribution is 0.312. The quantitative estimate of drug-likeness (QED) is 0.519. The molecule has 2 nitrogen and oxygen atoms in total. The van der Waals surface area contributed by atoms with E-state index in [1.54, 1.807) is 0 Å². The van der Waals surface area contributed by atoms with E-state index in [1.165, 1.54) is 25.7 Å². The smallest absolute Gasteiger partial charge is 0.169 e. The third kappa shape index (κ3) is 6.31. The summed E-state index contributed by atoms with van der Waals surface area (Å²) >= 11 is 5.46. The Morgan fingerprint density at radius 1 is 1.19 bits per heavy atom. The zero-order valence-electron chi connectivity index (χ0n) is 11.4. The highest BCUT2D eigenvalue weighted by atomic mass is 32.1. The summed E-state index contributed by atoms with van der Waals surface area (Å²) < 4.78 is 0. The lowest BCUT2D eigenvalue weighted by Crippen LogP contribution is -2.45. The number of hydrogen-bond acceptors (Lipinski definition) is 1. The van der Waals surface area contributed by atoms with Crippen LogP contribution in [0.5, 0.6) is 0 Å². The first kappa shape index (κ1) is 15.7. The average Bonchev–Trinajstić information content (AvgIpc) is 2.29. The van der Waals surface area contributed by atoms with E-state index in [4.69, 9.17) is 12.2 Å². The Balaban J connectivity index is 4.09. The second-order valence-electron chi connectivity index (χ2n) is 4.39. The molecule has 0 spiro atoms. The van der Waals surface area contributed by atoms with Gasteiger partial charge in [-0.15, -0.1) is 0 Å². The summed E-state index contributed by atoms with van der Waals surface area (Å²) in [5, 5.41) is 4.31. The highest BCUT2D eigenvalue weighted by molar-refractivity contribution is 7.80. The van der Waals surface area contributed by atoms with Crippen LogP contribution in [0.25, 0.3) is 0 Å². The molecule has 96 valence electrons. The molecule has 0 radical (unpaired) electrons. The molecule has 3 heteroatoms. The minimum absolute atomic E-state index is 0.549. The van der Waals surface area contributed by atoms with Crippen molar-refractivity contribution in [3.8, 4) is 0 Å². The van der Waals surface area contributed by atoms with Gasteiger partial charge in [0.1, 0.15) is 0 Å². The van der Waals surface area contributed by atoms with Crippen LogP contribution in [0.1, 0.15) is 59.8 Å². The first-order valence-electron chi connectivity index (χ1n) is 6.71. The first-order valence-corrected chi connectivity index (χ1v) is 7.12. The Bertz CT molecular complexity index is 183. The minimum Gasteiger partial charge on any atom is -0.363 e. The van der Waals surface area contributed by atoms with Crippen LogP contribution < -0.4 is 5.32 Å². The van der Waals surface area contributed by atoms with Crippen molar-refractivity contribution in [2.75, 3.05) is 13.1 Å². The number of thiocarbonyl (C=S) groups is 1. The van der Waals surface area contributed by atoms with Gasteiger partial charge in [0.15, 0.2) is 5.11 Å². The van der Waals surface area contributed by atoms with Crippen LogP contribution in [0.4, 0.5) is 0 Å². The largest absolute Gasteiger partial charge is 0.363 e. The maximum absolute atomic E-state index is 5.46. The summed E-state index contributed by atoms with van der Waals surface area (Å²) in [5.74, 6) is 0. The average molecular weight is 244 g/mol. The molecular weight excluding hydrogens is 216 g/mol. The van der Waals surface area contributed by atoms with Crippen molar-refractivity contribution in [3.05, 3.63) is 0 Å². The second-order valence-corrected chi connectivity index (χ2v) is 4.78. The fraction of sp³-hybridized carbons (Fsp3) is 0.923. The van der Waals surface area contributed by atoms with Crippen molar-refractivity contribution in [3.63, 3.8) is 0 Å². The van der Waals surface area contributed by atoms with Crippen molar-refractivity contribution >= 4 is 17.3 Å². The molecular formula is C13H28N2S. The first-order chi connectivity index (χ1) is 7.67. The molecule has 1 unspecified atom stereocenters. The highest BCUT2D eigenvalue weighted by Crippen LogP contribution is 2.06. The third-order valence-corrected chi connectivity index (χ3v) is 3.32. The second kappa shape index (κ2) is 9.88. The molecule has 0 saturated carbocycles. The predicted octanol–water partition coefficient (Wildman–Crippen LogP) is 3.56. The van der Waals surface area contributed by atoms with Crippen LogP contribution >= 0.6 is 12.2 Å². The third-order valence-electron chi connectivity index (χ3n) is 2.94. The Kier molecular flexibility index (Phi) is 9.69. The molecule has 0 aliphatic carbocycles.